The molecular weight excluding hydrogens is 306 g/mol. The molecule has 0 aromatic heterocycles. The van der Waals surface area contributed by atoms with Gasteiger partial charge in [0.15, 0.2) is 0 Å². The van der Waals surface area contributed by atoms with Crippen LogP contribution in [0.2, 0.25) is 0 Å². The maximum atomic E-state index is 13.0. The molecule has 2 N–H and O–H groups in total. The van der Waals surface area contributed by atoms with Crippen LogP contribution in [0.1, 0.15) is 34.8 Å². The average molecular weight is 331 g/mol. The van der Waals surface area contributed by atoms with Gasteiger partial charge in [-0.1, -0.05) is 12.1 Å². The number of hydrogen-bond acceptors (Lipinski definition) is 4. The summed E-state index contributed by atoms with van der Waals surface area (Å²) in [6.45, 7) is 3.55. The molecule has 6 nitrogen and oxygen atoms in total. The van der Waals surface area contributed by atoms with E-state index in [4.69, 9.17) is 4.74 Å². The van der Waals surface area contributed by atoms with E-state index in [0.717, 1.165) is 24.9 Å². The van der Waals surface area contributed by atoms with E-state index in [1.165, 1.54) is 0 Å². The summed E-state index contributed by atoms with van der Waals surface area (Å²) in [7, 11) is 1.62. The van der Waals surface area contributed by atoms with Crippen molar-refractivity contribution in [3.8, 4) is 0 Å². The van der Waals surface area contributed by atoms with E-state index in [9.17, 15) is 9.59 Å². The van der Waals surface area contributed by atoms with Gasteiger partial charge in [0.05, 0.1) is 6.04 Å². The van der Waals surface area contributed by atoms with Crippen molar-refractivity contribution < 1.29 is 14.3 Å². The topological polar surface area (TPSA) is 70.7 Å². The smallest absolute Gasteiger partial charge is 0.251 e. The Bertz CT molecular complexity index is 599. The normalized spacial score (nSPS) is 22.2. The third kappa shape index (κ3) is 3.60. The largest absolute Gasteiger partial charge is 0.381 e. The Labute approximate surface area is 142 Å². The van der Waals surface area contributed by atoms with E-state index in [1.54, 1.807) is 13.1 Å². The molecule has 2 amide bonds. The Morgan fingerprint density at radius 3 is 2.83 bits per heavy atom. The highest BCUT2D eigenvalue weighted by Crippen LogP contribution is 2.27. The van der Waals surface area contributed by atoms with Gasteiger partial charge < -0.3 is 20.3 Å². The summed E-state index contributed by atoms with van der Waals surface area (Å²) in [5.41, 5.74) is 1.63. The van der Waals surface area contributed by atoms with Gasteiger partial charge in [-0.25, -0.2) is 0 Å². The molecule has 0 spiro atoms. The van der Waals surface area contributed by atoms with E-state index in [-0.39, 0.29) is 23.8 Å². The summed E-state index contributed by atoms with van der Waals surface area (Å²) in [5.74, 6) is 0.166. The molecule has 0 unspecified atom stereocenters. The van der Waals surface area contributed by atoms with Crippen LogP contribution in [0.4, 0.5) is 0 Å². The Balaban J connectivity index is 1.81. The van der Waals surface area contributed by atoms with Crippen molar-refractivity contribution in [2.75, 3.05) is 39.9 Å². The van der Waals surface area contributed by atoms with Crippen molar-refractivity contribution >= 4 is 11.8 Å². The first-order chi connectivity index (χ1) is 11.7. The maximum Gasteiger partial charge on any atom is 0.251 e. The molecule has 2 aliphatic heterocycles. The highest BCUT2D eigenvalue weighted by atomic mass is 16.5. The van der Waals surface area contributed by atoms with Crippen molar-refractivity contribution in [2.45, 2.75) is 18.9 Å². The predicted octanol–water partition coefficient (Wildman–Crippen LogP) is 0.946. The molecule has 0 radical (unpaired) electrons. The minimum atomic E-state index is -0.108. The molecule has 1 aromatic rings. The lowest BCUT2D eigenvalue weighted by Gasteiger charge is -2.39. The zero-order valence-corrected chi connectivity index (χ0v) is 14.1. The van der Waals surface area contributed by atoms with Crippen LogP contribution in [0.3, 0.4) is 0 Å². The molecule has 6 heteroatoms. The van der Waals surface area contributed by atoms with E-state index in [2.05, 4.69) is 10.6 Å². The minimum absolute atomic E-state index is 0.0290. The van der Waals surface area contributed by atoms with Gasteiger partial charge in [0, 0.05) is 51.4 Å². The van der Waals surface area contributed by atoms with Crippen LogP contribution in [-0.4, -0.2) is 56.6 Å². The second-order valence-electron chi connectivity index (χ2n) is 6.34. The van der Waals surface area contributed by atoms with Crippen LogP contribution in [0, 0.1) is 5.92 Å². The number of carbonyl (C=O) groups is 2. The molecule has 0 bridgehead atoms. The van der Waals surface area contributed by atoms with Crippen LogP contribution in [0.5, 0.6) is 0 Å². The molecule has 2 aliphatic rings. The first-order valence-electron chi connectivity index (χ1n) is 8.61. The molecule has 3 rings (SSSR count). The molecule has 1 atom stereocenters. The second kappa shape index (κ2) is 7.77. The number of ether oxygens (including phenoxy) is 1. The van der Waals surface area contributed by atoms with Crippen molar-refractivity contribution in [3.05, 3.63) is 35.4 Å². The molecule has 2 fully saturated rings. The fourth-order valence-corrected chi connectivity index (χ4v) is 3.48. The van der Waals surface area contributed by atoms with Crippen LogP contribution >= 0.6 is 0 Å². The third-order valence-electron chi connectivity index (χ3n) is 4.86. The summed E-state index contributed by atoms with van der Waals surface area (Å²) in [4.78, 5) is 26.8. The van der Waals surface area contributed by atoms with E-state index < -0.39 is 0 Å². The lowest BCUT2D eigenvalue weighted by molar-refractivity contribution is -0.142. The molecule has 1 aromatic carbocycles. The van der Waals surface area contributed by atoms with Crippen LogP contribution in [-0.2, 0) is 9.53 Å². The van der Waals surface area contributed by atoms with Crippen molar-refractivity contribution in [2.24, 2.45) is 5.92 Å². The van der Waals surface area contributed by atoms with Gasteiger partial charge in [-0.15, -0.1) is 0 Å². The highest BCUT2D eigenvalue weighted by Gasteiger charge is 2.33. The Hall–Kier alpha value is -1.92. The number of carbonyl (C=O) groups excluding carboxylic acids is 2. The SMILES string of the molecule is CNC(=O)c1cccc([C@H]2CNCCN2C(=O)C2CCOCC2)c1. The number of nitrogens with one attached hydrogen (secondary N) is 2. The average Bonchev–Trinajstić information content (AvgIpc) is 2.67. The monoisotopic (exact) mass is 331 g/mol. The summed E-state index contributed by atoms with van der Waals surface area (Å²) in [6, 6.07) is 7.53. The van der Waals surface area contributed by atoms with Crippen LogP contribution in [0.15, 0.2) is 24.3 Å². The first kappa shape index (κ1) is 16.9. The standard InChI is InChI=1S/C18H25N3O3/c1-19-17(22)15-4-2-3-14(11-15)16-12-20-7-8-21(16)18(23)13-5-9-24-10-6-13/h2-4,11,13,16,20H,5-10,12H2,1H3,(H,19,22)/t16-/m1/s1. The minimum Gasteiger partial charge on any atom is -0.381 e. The van der Waals surface area contributed by atoms with Gasteiger partial charge in [0.1, 0.15) is 0 Å². The van der Waals surface area contributed by atoms with Gasteiger partial charge >= 0.3 is 0 Å². The van der Waals surface area contributed by atoms with Gasteiger partial charge in [-0.3, -0.25) is 9.59 Å². The van der Waals surface area contributed by atoms with Crippen LogP contribution in [0.25, 0.3) is 0 Å². The number of hydrogen-bond donors (Lipinski definition) is 2. The predicted molar refractivity (Wildman–Crippen MR) is 90.7 cm³/mol. The quantitative estimate of drug-likeness (QED) is 0.865. The zero-order chi connectivity index (χ0) is 16.9. The lowest BCUT2D eigenvalue weighted by atomic mass is 9.95. The Morgan fingerprint density at radius 1 is 1.29 bits per heavy atom. The lowest BCUT2D eigenvalue weighted by Crippen LogP contribution is -2.51. The fraction of sp³-hybridized carbons (Fsp3) is 0.556. The summed E-state index contributed by atoms with van der Waals surface area (Å²) >= 11 is 0. The molecule has 0 aliphatic carbocycles. The molecule has 2 saturated heterocycles. The van der Waals surface area contributed by atoms with Crippen LogP contribution < -0.4 is 10.6 Å². The molecule has 130 valence electrons. The zero-order valence-electron chi connectivity index (χ0n) is 14.1. The van der Waals surface area contributed by atoms with Gasteiger partial charge in [-0.05, 0) is 30.5 Å². The highest BCUT2D eigenvalue weighted by molar-refractivity contribution is 5.94. The summed E-state index contributed by atoms with van der Waals surface area (Å²) < 4.78 is 5.38. The van der Waals surface area contributed by atoms with Gasteiger partial charge in [-0.2, -0.15) is 0 Å². The number of piperazine rings is 1. The number of rotatable bonds is 3. The maximum absolute atomic E-state index is 13.0. The molecular formula is C18H25N3O3. The molecule has 0 saturated carbocycles. The Morgan fingerprint density at radius 2 is 2.08 bits per heavy atom. The fourth-order valence-electron chi connectivity index (χ4n) is 3.48. The molecule has 2 heterocycles. The number of benzene rings is 1. The van der Waals surface area contributed by atoms with Crippen molar-refractivity contribution in [1.82, 2.24) is 15.5 Å². The first-order valence-corrected chi connectivity index (χ1v) is 8.61. The number of amides is 2. The third-order valence-corrected chi connectivity index (χ3v) is 4.86. The van der Waals surface area contributed by atoms with Gasteiger partial charge in [0.25, 0.3) is 5.91 Å². The summed E-state index contributed by atoms with van der Waals surface area (Å²) in [6.07, 6.45) is 1.60. The van der Waals surface area contributed by atoms with E-state index >= 15 is 0 Å². The van der Waals surface area contributed by atoms with Crippen molar-refractivity contribution in [1.29, 1.82) is 0 Å². The Kier molecular flexibility index (Phi) is 5.48. The second-order valence-corrected chi connectivity index (χ2v) is 6.34. The van der Waals surface area contributed by atoms with E-state index in [0.29, 0.717) is 31.9 Å². The number of nitrogens with zero attached hydrogens (tertiary/aromatic N) is 1. The molecule has 24 heavy (non-hydrogen) atoms. The van der Waals surface area contributed by atoms with E-state index in [1.807, 2.05) is 23.1 Å². The van der Waals surface area contributed by atoms with Gasteiger partial charge in [0.2, 0.25) is 5.91 Å². The summed E-state index contributed by atoms with van der Waals surface area (Å²) in [5, 5.41) is 6.01. The van der Waals surface area contributed by atoms with Crippen molar-refractivity contribution in [3.63, 3.8) is 0 Å².